The summed E-state index contributed by atoms with van der Waals surface area (Å²) in [6.07, 6.45) is 2.54. The Bertz CT molecular complexity index is 692. The Labute approximate surface area is 111 Å². The number of amidine groups is 1. The molecule has 0 amide bonds. The van der Waals surface area contributed by atoms with Crippen molar-refractivity contribution < 1.29 is 14.1 Å². The first kappa shape index (κ1) is 13.3. The first-order valence-electron chi connectivity index (χ1n) is 5.26. The molecule has 1 heterocycles. The van der Waals surface area contributed by atoms with Crippen LogP contribution in [0.25, 0.3) is 0 Å². The second-order valence-electron chi connectivity index (χ2n) is 3.59. The molecule has 1 aromatic heterocycles. The van der Waals surface area contributed by atoms with Crippen molar-refractivity contribution in [2.24, 2.45) is 5.73 Å². The summed E-state index contributed by atoms with van der Waals surface area (Å²) in [5.74, 6) is -1.70. The van der Waals surface area contributed by atoms with Crippen molar-refractivity contribution in [1.82, 2.24) is 9.97 Å². The molecule has 0 fully saturated rings. The van der Waals surface area contributed by atoms with Crippen LogP contribution in [-0.4, -0.2) is 20.7 Å². The summed E-state index contributed by atoms with van der Waals surface area (Å²) in [5.41, 5.74) is 4.76. The third-order valence-corrected chi connectivity index (χ3v) is 2.24. The van der Waals surface area contributed by atoms with E-state index >= 15 is 0 Å². The summed E-state index contributed by atoms with van der Waals surface area (Å²) < 4.78 is 18.3. The molecule has 0 spiro atoms. The summed E-state index contributed by atoms with van der Waals surface area (Å²) in [4.78, 5) is 17.7. The maximum atomic E-state index is 13.2. The summed E-state index contributed by atoms with van der Waals surface area (Å²) >= 11 is 0. The number of hydrogen-bond donors (Lipinski definition) is 2. The SMILES string of the molecule is N=C(N)c1nccnc1Oc1cc(F)ccc1[N+](=O)[O-]. The minimum atomic E-state index is -0.724. The fourth-order valence-electron chi connectivity index (χ4n) is 1.41. The minimum Gasteiger partial charge on any atom is -0.429 e. The summed E-state index contributed by atoms with van der Waals surface area (Å²) in [6.45, 7) is 0. The Kier molecular flexibility index (Phi) is 3.51. The van der Waals surface area contributed by atoms with Gasteiger partial charge in [-0.15, -0.1) is 0 Å². The highest BCUT2D eigenvalue weighted by atomic mass is 19.1. The van der Waals surface area contributed by atoms with Crippen LogP contribution in [0.1, 0.15) is 5.69 Å². The van der Waals surface area contributed by atoms with Crippen LogP contribution >= 0.6 is 0 Å². The molecule has 0 aliphatic heterocycles. The molecule has 3 N–H and O–H groups in total. The van der Waals surface area contributed by atoms with Crippen LogP contribution in [-0.2, 0) is 0 Å². The summed E-state index contributed by atoms with van der Waals surface area (Å²) in [7, 11) is 0. The molecule has 0 aliphatic carbocycles. The van der Waals surface area contributed by atoms with Crippen molar-refractivity contribution in [3.8, 4) is 11.6 Å². The van der Waals surface area contributed by atoms with E-state index in [4.69, 9.17) is 15.9 Å². The second-order valence-corrected chi connectivity index (χ2v) is 3.59. The maximum absolute atomic E-state index is 13.2. The molecule has 8 nitrogen and oxygen atoms in total. The zero-order valence-corrected chi connectivity index (χ0v) is 9.91. The fourth-order valence-corrected chi connectivity index (χ4v) is 1.41. The second kappa shape index (κ2) is 5.26. The van der Waals surface area contributed by atoms with Crippen LogP contribution in [0.4, 0.5) is 10.1 Å². The standard InChI is InChI=1S/C11H8FN5O3/c12-6-1-2-7(17(18)19)8(5-6)20-11-9(10(13)14)15-3-4-16-11/h1-5H,(H3,13,14). The molecule has 1 aromatic carbocycles. The average Bonchev–Trinajstić information content (AvgIpc) is 2.38. The van der Waals surface area contributed by atoms with Crippen molar-refractivity contribution in [2.45, 2.75) is 0 Å². The number of nitro benzene ring substituents is 1. The Hall–Kier alpha value is -3.10. The molecule has 0 aliphatic rings. The number of ether oxygens (including phenoxy) is 1. The van der Waals surface area contributed by atoms with E-state index < -0.39 is 22.3 Å². The topological polar surface area (TPSA) is 128 Å². The lowest BCUT2D eigenvalue weighted by Crippen LogP contribution is -2.15. The van der Waals surface area contributed by atoms with Crippen LogP contribution in [0.5, 0.6) is 11.6 Å². The van der Waals surface area contributed by atoms with Gasteiger partial charge in [-0.05, 0) is 6.07 Å². The quantitative estimate of drug-likeness (QED) is 0.378. The van der Waals surface area contributed by atoms with Crippen molar-refractivity contribution in [2.75, 3.05) is 0 Å². The van der Waals surface area contributed by atoms with Gasteiger partial charge in [0.05, 0.1) is 4.92 Å². The number of nitrogens with one attached hydrogen (secondary N) is 1. The van der Waals surface area contributed by atoms with Crippen molar-refractivity contribution in [3.63, 3.8) is 0 Å². The zero-order valence-electron chi connectivity index (χ0n) is 9.91. The predicted molar refractivity (Wildman–Crippen MR) is 66.2 cm³/mol. The van der Waals surface area contributed by atoms with Crippen LogP contribution in [0, 0.1) is 21.3 Å². The highest BCUT2D eigenvalue weighted by Crippen LogP contribution is 2.31. The van der Waals surface area contributed by atoms with Gasteiger partial charge in [0, 0.05) is 24.5 Å². The molecule has 0 saturated heterocycles. The molecule has 2 rings (SSSR count). The van der Waals surface area contributed by atoms with Crippen molar-refractivity contribution in [1.29, 1.82) is 5.41 Å². The van der Waals surface area contributed by atoms with Crippen molar-refractivity contribution >= 4 is 11.5 Å². The average molecular weight is 277 g/mol. The smallest absolute Gasteiger partial charge is 0.311 e. The molecule has 2 aromatic rings. The molecule has 0 unspecified atom stereocenters. The molecule has 0 radical (unpaired) electrons. The first-order valence-corrected chi connectivity index (χ1v) is 5.26. The van der Waals surface area contributed by atoms with Crippen LogP contribution in [0.2, 0.25) is 0 Å². The van der Waals surface area contributed by atoms with E-state index in [1.165, 1.54) is 12.4 Å². The number of nitrogen functional groups attached to an aromatic ring is 1. The fraction of sp³-hybridized carbons (Fsp3) is 0. The van der Waals surface area contributed by atoms with Gasteiger partial charge in [0.2, 0.25) is 11.6 Å². The Morgan fingerprint density at radius 2 is 2.10 bits per heavy atom. The lowest BCUT2D eigenvalue weighted by molar-refractivity contribution is -0.385. The molecule has 9 heteroatoms. The van der Waals surface area contributed by atoms with E-state index in [-0.39, 0.29) is 17.3 Å². The number of benzene rings is 1. The Balaban J connectivity index is 2.47. The van der Waals surface area contributed by atoms with E-state index in [0.717, 1.165) is 18.2 Å². The molecular weight excluding hydrogens is 269 g/mol. The van der Waals surface area contributed by atoms with Gasteiger partial charge in [0.25, 0.3) is 0 Å². The van der Waals surface area contributed by atoms with Gasteiger partial charge in [-0.1, -0.05) is 0 Å². The molecule has 0 bridgehead atoms. The highest BCUT2D eigenvalue weighted by molar-refractivity contribution is 5.95. The van der Waals surface area contributed by atoms with E-state index in [0.29, 0.717) is 0 Å². The predicted octanol–water partition coefficient (Wildman–Crippen LogP) is 1.60. The summed E-state index contributed by atoms with van der Waals surface area (Å²) in [6, 6.07) is 2.75. The van der Waals surface area contributed by atoms with Gasteiger partial charge >= 0.3 is 5.69 Å². The Morgan fingerprint density at radius 3 is 2.75 bits per heavy atom. The minimum absolute atomic E-state index is 0.0916. The number of nitrogens with zero attached hydrogens (tertiary/aromatic N) is 3. The first-order chi connectivity index (χ1) is 9.49. The van der Waals surface area contributed by atoms with E-state index in [2.05, 4.69) is 9.97 Å². The van der Waals surface area contributed by atoms with Crippen molar-refractivity contribution in [3.05, 3.63) is 52.2 Å². The maximum Gasteiger partial charge on any atom is 0.311 e. The third-order valence-electron chi connectivity index (χ3n) is 2.24. The van der Waals surface area contributed by atoms with Crippen LogP contribution in [0.3, 0.4) is 0 Å². The number of nitrogens with two attached hydrogens (primary N) is 1. The van der Waals surface area contributed by atoms with E-state index in [9.17, 15) is 14.5 Å². The zero-order chi connectivity index (χ0) is 14.7. The lowest BCUT2D eigenvalue weighted by atomic mass is 10.3. The number of halogens is 1. The van der Waals surface area contributed by atoms with Gasteiger partial charge in [0.1, 0.15) is 11.7 Å². The number of rotatable bonds is 4. The largest absolute Gasteiger partial charge is 0.429 e. The number of aromatic nitrogens is 2. The third kappa shape index (κ3) is 2.66. The van der Waals surface area contributed by atoms with E-state index in [1.807, 2.05) is 0 Å². The number of nitro groups is 1. The molecule has 0 saturated carbocycles. The molecular formula is C11H8FN5O3. The van der Waals surface area contributed by atoms with Gasteiger partial charge in [-0.3, -0.25) is 15.5 Å². The van der Waals surface area contributed by atoms with Gasteiger partial charge in [-0.25, -0.2) is 14.4 Å². The summed E-state index contributed by atoms with van der Waals surface area (Å²) in [5, 5.41) is 18.2. The molecule has 102 valence electrons. The van der Waals surface area contributed by atoms with Gasteiger partial charge < -0.3 is 10.5 Å². The van der Waals surface area contributed by atoms with Crippen LogP contribution < -0.4 is 10.5 Å². The van der Waals surface area contributed by atoms with Crippen LogP contribution in [0.15, 0.2) is 30.6 Å². The molecule has 0 atom stereocenters. The number of hydrogen-bond acceptors (Lipinski definition) is 6. The monoisotopic (exact) mass is 277 g/mol. The normalized spacial score (nSPS) is 10.1. The lowest BCUT2D eigenvalue weighted by Gasteiger charge is -2.08. The molecule has 20 heavy (non-hydrogen) atoms. The van der Waals surface area contributed by atoms with E-state index in [1.54, 1.807) is 0 Å². The van der Waals surface area contributed by atoms with Gasteiger partial charge in [-0.2, -0.15) is 0 Å². The highest BCUT2D eigenvalue weighted by Gasteiger charge is 2.19. The Morgan fingerprint density at radius 1 is 1.40 bits per heavy atom. The van der Waals surface area contributed by atoms with Gasteiger partial charge in [0.15, 0.2) is 5.69 Å².